The van der Waals surface area contributed by atoms with Gasteiger partial charge in [0.15, 0.2) is 0 Å². The summed E-state index contributed by atoms with van der Waals surface area (Å²) in [5, 5.41) is 12.4. The standard InChI is InChI=1S/C13H27NO/c1-13(2,3)11-7-4-5-8-12(11)14-9-6-10-15/h11-12,14-15H,4-10H2,1-3H3/t11-,12+/m0/s1. The van der Waals surface area contributed by atoms with Gasteiger partial charge in [-0.1, -0.05) is 33.6 Å². The quantitative estimate of drug-likeness (QED) is 0.703. The molecule has 15 heavy (non-hydrogen) atoms. The molecule has 1 rings (SSSR count). The van der Waals surface area contributed by atoms with E-state index in [0.717, 1.165) is 18.9 Å². The molecule has 2 N–H and O–H groups in total. The van der Waals surface area contributed by atoms with Crippen LogP contribution in [-0.4, -0.2) is 24.3 Å². The van der Waals surface area contributed by atoms with Crippen molar-refractivity contribution in [1.82, 2.24) is 5.32 Å². The summed E-state index contributed by atoms with van der Waals surface area (Å²) in [6.45, 7) is 8.32. The first-order chi connectivity index (χ1) is 7.05. The molecule has 1 aliphatic carbocycles. The summed E-state index contributed by atoms with van der Waals surface area (Å²) in [6, 6.07) is 0.672. The SMILES string of the molecule is CC(C)(C)[C@H]1CCCC[C@H]1NCCCO. The van der Waals surface area contributed by atoms with Gasteiger partial charge in [0.25, 0.3) is 0 Å². The fourth-order valence-electron chi connectivity index (χ4n) is 2.78. The predicted octanol–water partition coefficient (Wildman–Crippen LogP) is 2.56. The van der Waals surface area contributed by atoms with Crippen LogP contribution in [0.1, 0.15) is 52.9 Å². The first kappa shape index (κ1) is 13.0. The van der Waals surface area contributed by atoms with Crippen molar-refractivity contribution in [2.24, 2.45) is 11.3 Å². The molecule has 0 aromatic heterocycles. The minimum Gasteiger partial charge on any atom is -0.396 e. The van der Waals surface area contributed by atoms with Crippen molar-refractivity contribution in [3.8, 4) is 0 Å². The highest BCUT2D eigenvalue weighted by Crippen LogP contribution is 2.37. The Morgan fingerprint density at radius 1 is 1.20 bits per heavy atom. The molecule has 2 atom stereocenters. The van der Waals surface area contributed by atoms with Crippen LogP contribution in [0.4, 0.5) is 0 Å². The lowest BCUT2D eigenvalue weighted by Gasteiger charge is -2.41. The van der Waals surface area contributed by atoms with Crippen LogP contribution in [0.2, 0.25) is 0 Å². The Balaban J connectivity index is 2.43. The van der Waals surface area contributed by atoms with Crippen LogP contribution in [0.3, 0.4) is 0 Å². The molecule has 0 bridgehead atoms. The van der Waals surface area contributed by atoms with E-state index in [1.165, 1.54) is 25.7 Å². The molecular formula is C13H27NO. The second kappa shape index (κ2) is 5.86. The zero-order valence-electron chi connectivity index (χ0n) is 10.6. The van der Waals surface area contributed by atoms with Crippen LogP contribution in [0.25, 0.3) is 0 Å². The van der Waals surface area contributed by atoms with Gasteiger partial charge < -0.3 is 10.4 Å². The molecule has 1 aliphatic rings. The largest absolute Gasteiger partial charge is 0.396 e. The molecule has 1 fully saturated rings. The lowest BCUT2D eigenvalue weighted by atomic mass is 9.69. The summed E-state index contributed by atoms with van der Waals surface area (Å²) in [5.74, 6) is 0.796. The summed E-state index contributed by atoms with van der Waals surface area (Å²) in [5.41, 5.74) is 0.414. The van der Waals surface area contributed by atoms with Crippen molar-refractivity contribution in [3.05, 3.63) is 0 Å². The monoisotopic (exact) mass is 213 g/mol. The van der Waals surface area contributed by atoms with Crippen LogP contribution in [0, 0.1) is 11.3 Å². The Morgan fingerprint density at radius 2 is 1.87 bits per heavy atom. The average molecular weight is 213 g/mol. The molecule has 0 unspecified atom stereocenters. The molecule has 0 heterocycles. The van der Waals surface area contributed by atoms with Crippen molar-refractivity contribution < 1.29 is 5.11 Å². The van der Waals surface area contributed by atoms with E-state index in [1.807, 2.05) is 0 Å². The number of nitrogens with one attached hydrogen (secondary N) is 1. The molecule has 0 radical (unpaired) electrons. The molecule has 0 saturated heterocycles. The van der Waals surface area contributed by atoms with Gasteiger partial charge >= 0.3 is 0 Å². The number of aliphatic hydroxyl groups excluding tert-OH is 1. The van der Waals surface area contributed by atoms with Gasteiger partial charge in [0.05, 0.1) is 0 Å². The number of hydrogen-bond donors (Lipinski definition) is 2. The van der Waals surface area contributed by atoms with Crippen molar-refractivity contribution in [2.75, 3.05) is 13.2 Å². The van der Waals surface area contributed by atoms with E-state index in [9.17, 15) is 0 Å². The van der Waals surface area contributed by atoms with Crippen molar-refractivity contribution in [1.29, 1.82) is 0 Å². The zero-order valence-corrected chi connectivity index (χ0v) is 10.6. The Labute approximate surface area is 94.5 Å². The Morgan fingerprint density at radius 3 is 2.47 bits per heavy atom. The van der Waals surface area contributed by atoms with Gasteiger partial charge in [-0.15, -0.1) is 0 Å². The Bertz CT molecular complexity index is 174. The first-order valence-corrected chi connectivity index (χ1v) is 6.40. The van der Waals surface area contributed by atoms with Gasteiger partial charge in [0.2, 0.25) is 0 Å². The third-order valence-corrected chi connectivity index (χ3v) is 3.62. The topological polar surface area (TPSA) is 32.3 Å². The molecule has 90 valence electrons. The smallest absolute Gasteiger partial charge is 0.0443 e. The summed E-state index contributed by atoms with van der Waals surface area (Å²) in [7, 11) is 0. The zero-order chi connectivity index (χ0) is 11.3. The van der Waals surface area contributed by atoms with Gasteiger partial charge in [-0.2, -0.15) is 0 Å². The van der Waals surface area contributed by atoms with Gasteiger partial charge in [0, 0.05) is 12.6 Å². The van der Waals surface area contributed by atoms with E-state index in [0.29, 0.717) is 18.1 Å². The van der Waals surface area contributed by atoms with Gasteiger partial charge in [-0.3, -0.25) is 0 Å². The molecule has 2 heteroatoms. The van der Waals surface area contributed by atoms with Gasteiger partial charge in [0.1, 0.15) is 0 Å². The summed E-state index contributed by atoms with van der Waals surface area (Å²) in [6.07, 6.45) is 6.31. The van der Waals surface area contributed by atoms with E-state index in [2.05, 4.69) is 26.1 Å². The highest BCUT2D eigenvalue weighted by Gasteiger charge is 2.33. The fraction of sp³-hybridized carbons (Fsp3) is 1.00. The summed E-state index contributed by atoms with van der Waals surface area (Å²) >= 11 is 0. The number of rotatable bonds is 4. The molecule has 0 aromatic carbocycles. The highest BCUT2D eigenvalue weighted by molar-refractivity contribution is 4.88. The molecule has 0 aliphatic heterocycles. The second-order valence-electron chi connectivity index (χ2n) is 5.89. The van der Waals surface area contributed by atoms with E-state index in [-0.39, 0.29) is 0 Å². The molecule has 0 amide bonds. The van der Waals surface area contributed by atoms with Crippen LogP contribution in [0.15, 0.2) is 0 Å². The van der Waals surface area contributed by atoms with Crippen LogP contribution < -0.4 is 5.32 Å². The summed E-state index contributed by atoms with van der Waals surface area (Å²) in [4.78, 5) is 0. The number of aliphatic hydroxyl groups is 1. The Hall–Kier alpha value is -0.0800. The maximum absolute atomic E-state index is 8.78. The van der Waals surface area contributed by atoms with E-state index in [1.54, 1.807) is 0 Å². The molecule has 1 saturated carbocycles. The maximum Gasteiger partial charge on any atom is 0.0443 e. The van der Waals surface area contributed by atoms with Crippen molar-refractivity contribution in [2.45, 2.75) is 58.9 Å². The van der Waals surface area contributed by atoms with Crippen molar-refractivity contribution in [3.63, 3.8) is 0 Å². The normalized spacial score (nSPS) is 28.0. The minimum atomic E-state index is 0.305. The fourth-order valence-corrected chi connectivity index (χ4v) is 2.78. The van der Waals surface area contributed by atoms with Crippen molar-refractivity contribution >= 4 is 0 Å². The molecular weight excluding hydrogens is 186 g/mol. The Kier molecular flexibility index (Phi) is 5.07. The van der Waals surface area contributed by atoms with Crippen LogP contribution in [0.5, 0.6) is 0 Å². The highest BCUT2D eigenvalue weighted by atomic mass is 16.3. The molecule has 2 nitrogen and oxygen atoms in total. The van der Waals surface area contributed by atoms with Gasteiger partial charge in [-0.25, -0.2) is 0 Å². The molecule has 0 spiro atoms. The van der Waals surface area contributed by atoms with Crippen LogP contribution >= 0.6 is 0 Å². The third kappa shape index (κ3) is 4.12. The van der Waals surface area contributed by atoms with E-state index < -0.39 is 0 Å². The van der Waals surface area contributed by atoms with E-state index >= 15 is 0 Å². The van der Waals surface area contributed by atoms with E-state index in [4.69, 9.17) is 5.11 Å². The average Bonchev–Trinajstić information content (AvgIpc) is 2.17. The second-order valence-corrected chi connectivity index (χ2v) is 5.89. The predicted molar refractivity (Wildman–Crippen MR) is 64.9 cm³/mol. The minimum absolute atomic E-state index is 0.305. The maximum atomic E-state index is 8.78. The number of hydrogen-bond acceptors (Lipinski definition) is 2. The third-order valence-electron chi connectivity index (χ3n) is 3.62. The van der Waals surface area contributed by atoms with Gasteiger partial charge in [-0.05, 0) is 37.1 Å². The summed E-state index contributed by atoms with van der Waals surface area (Å²) < 4.78 is 0. The lowest BCUT2D eigenvalue weighted by Crippen LogP contribution is -2.44. The first-order valence-electron chi connectivity index (χ1n) is 6.40. The van der Waals surface area contributed by atoms with Crippen LogP contribution in [-0.2, 0) is 0 Å². The lowest BCUT2D eigenvalue weighted by molar-refractivity contribution is 0.129. The molecule has 0 aromatic rings.